The number of hydrogen-bond donors (Lipinski definition) is 1. The zero-order chi connectivity index (χ0) is 21.2. The highest BCUT2D eigenvalue weighted by molar-refractivity contribution is 6.31. The van der Waals surface area contributed by atoms with E-state index in [1.807, 2.05) is 62.4 Å². The molecule has 1 atom stereocenters. The molecule has 0 spiro atoms. The number of ether oxygens (including phenoxy) is 1. The fourth-order valence-electron chi connectivity index (χ4n) is 3.23. The fraction of sp³-hybridized carbons (Fsp3) is 0.391. The van der Waals surface area contributed by atoms with Gasteiger partial charge in [-0.2, -0.15) is 0 Å². The summed E-state index contributed by atoms with van der Waals surface area (Å²) in [5.41, 5.74) is 1.87. The highest BCUT2D eigenvalue weighted by Gasteiger charge is 2.28. The molecule has 0 saturated heterocycles. The largest absolute Gasteiger partial charge is 0.497 e. The van der Waals surface area contributed by atoms with Gasteiger partial charge in [-0.05, 0) is 49.1 Å². The van der Waals surface area contributed by atoms with Crippen molar-refractivity contribution in [3.05, 3.63) is 64.7 Å². The predicted molar refractivity (Wildman–Crippen MR) is 116 cm³/mol. The number of halogens is 1. The van der Waals surface area contributed by atoms with Crippen molar-refractivity contribution >= 4 is 23.4 Å². The summed E-state index contributed by atoms with van der Waals surface area (Å²) in [6, 6.07) is 14.5. The standard InChI is InChI=1S/C23H29ClN2O3/c1-4-21(23(28)25-5-2)26(16-17-10-13-19(29-3)14-11-17)22(27)15-12-18-8-6-7-9-20(18)24/h6-11,13-14,21H,4-5,12,15-16H2,1-3H3,(H,25,28). The first kappa shape index (κ1) is 22.8. The molecule has 0 fully saturated rings. The van der Waals surface area contributed by atoms with Gasteiger partial charge in [-0.25, -0.2) is 0 Å². The first-order valence-corrected chi connectivity index (χ1v) is 10.3. The molecule has 156 valence electrons. The second-order valence-corrected chi connectivity index (χ2v) is 7.19. The fourth-order valence-corrected chi connectivity index (χ4v) is 3.46. The summed E-state index contributed by atoms with van der Waals surface area (Å²) in [6.07, 6.45) is 1.36. The molecule has 2 rings (SSSR count). The van der Waals surface area contributed by atoms with Crippen LogP contribution in [0, 0.1) is 0 Å². The van der Waals surface area contributed by atoms with Crippen LogP contribution in [0.3, 0.4) is 0 Å². The van der Waals surface area contributed by atoms with E-state index >= 15 is 0 Å². The predicted octanol–water partition coefficient (Wildman–Crippen LogP) is 4.22. The van der Waals surface area contributed by atoms with E-state index in [2.05, 4.69) is 5.32 Å². The Kier molecular flexibility index (Phi) is 9.00. The molecule has 0 aliphatic carbocycles. The maximum absolute atomic E-state index is 13.1. The van der Waals surface area contributed by atoms with E-state index in [1.165, 1.54) is 0 Å². The Balaban J connectivity index is 2.20. The number of nitrogens with one attached hydrogen (secondary N) is 1. The van der Waals surface area contributed by atoms with Crippen molar-refractivity contribution in [2.24, 2.45) is 0 Å². The van der Waals surface area contributed by atoms with Crippen molar-refractivity contribution in [3.63, 3.8) is 0 Å². The second-order valence-electron chi connectivity index (χ2n) is 6.78. The minimum absolute atomic E-state index is 0.0705. The zero-order valence-electron chi connectivity index (χ0n) is 17.3. The SMILES string of the molecule is CCNC(=O)C(CC)N(Cc1ccc(OC)cc1)C(=O)CCc1ccccc1Cl. The van der Waals surface area contributed by atoms with Crippen LogP contribution >= 0.6 is 11.6 Å². The Morgan fingerprint density at radius 1 is 1.10 bits per heavy atom. The van der Waals surface area contributed by atoms with Gasteiger partial charge in [0.25, 0.3) is 0 Å². The number of nitrogens with zero attached hydrogens (tertiary/aromatic N) is 1. The monoisotopic (exact) mass is 416 g/mol. The van der Waals surface area contributed by atoms with Crippen molar-refractivity contribution in [1.29, 1.82) is 0 Å². The number of carbonyl (C=O) groups excluding carboxylic acids is 2. The molecule has 0 aliphatic rings. The summed E-state index contributed by atoms with van der Waals surface area (Å²) < 4.78 is 5.20. The molecule has 0 aromatic heterocycles. The number of carbonyl (C=O) groups is 2. The number of hydrogen-bond acceptors (Lipinski definition) is 3. The molecule has 2 aromatic rings. The van der Waals surface area contributed by atoms with Crippen LogP contribution in [-0.4, -0.2) is 36.4 Å². The van der Waals surface area contributed by atoms with Crippen molar-refractivity contribution < 1.29 is 14.3 Å². The van der Waals surface area contributed by atoms with Crippen LogP contribution in [-0.2, 0) is 22.6 Å². The first-order valence-electron chi connectivity index (χ1n) is 9.93. The Labute approximate surface area is 178 Å². The van der Waals surface area contributed by atoms with Gasteiger partial charge in [0.2, 0.25) is 11.8 Å². The minimum Gasteiger partial charge on any atom is -0.497 e. The summed E-state index contributed by atoms with van der Waals surface area (Å²) >= 11 is 6.23. The first-order chi connectivity index (χ1) is 14.0. The molecule has 5 nitrogen and oxygen atoms in total. The summed E-state index contributed by atoms with van der Waals surface area (Å²) in [5.74, 6) is 0.551. The lowest BCUT2D eigenvalue weighted by atomic mass is 10.1. The minimum atomic E-state index is -0.518. The van der Waals surface area contributed by atoms with E-state index in [0.717, 1.165) is 16.9 Å². The van der Waals surface area contributed by atoms with Crippen molar-refractivity contribution in [2.45, 2.75) is 45.7 Å². The van der Waals surface area contributed by atoms with Gasteiger partial charge in [0, 0.05) is 24.5 Å². The summed E-state index contributed by atoms with van der Waals surface area (Å²) in [6.45, 7) is 4.68. The van der Waals surface area contributed by atoms with Crippen LogP contribution in [0.4, 0.5) is 0 Å². The summed E-state index contributed by atoms with van der Waals surface area (Å²) in [5, 5.41) is 3.50. The molecule has 2 amide bonds. The quantitative estimate of drug-likeness (QED) is 0.630. The van der Waals surface area contributed by atoms with Crippen LogP contribution in [0.25, 0.3) is 0 Å². The molecular formula is C23H29ClN2O3. The number of methoxy groups -OCH3 is 1. The number of aryl methyl sites for hydroxylation is 1. The number of benzene rings is 2. The zero-order valence-corrected chi connectivity index (χ0v) is 18.0. The van der Waals surface area contributed by atoms with E-state index in [0.29, 0.717) is 31.0 Å². The van der Waals surface area contributed by atoms with E-state index in [4.69, 9.17) is 16.3 Å². The van der Waals surface area contributed by atoms with Crippen LogP contribution in [0.5, 0.6) is 5.75 Å². The second kappa shape index (κ2) is 11.5. The van der Waals surface area contributed by atoms with Crippen molar-refractivity contribution in [1.82, 2.24) is 10.2 Å². The smallest absolute Gasteiger partial charge is 0.242 e. The van der Waals surface area contributed by atoms with Gasteiger partial charge in [0.1, 0.15) is 11.8 Å². The molecule has 0 aliphatic heterocycles. The Bertz CT molecular complexity index is 808. The summed E-state index contributed by atoms with van der Waals surface area (Å²) in [7, 11) is 1.61. The van der Waals surface area contributed by atoms with Gasteiger partial charge < -0.3 is 15.0 Å². The normalized spacial score (nSPS) is 11.6. The molecule has 29 heavy (non-hydrogen) atoms. The van der Waals surface area contributed by atoms with E-state index < -0.39 is 6.04 Å². The van der Waals surface area contributed by atoms with Crippen LogP contribution < -0.4 is 10.1 Å². The van der Waals surface area contributed by atoms with E-state index in [1.54, 1.807) is 12.0 Å². The van der Waals surface area contributed by atoms with Crippen LogP contribution in [0.15, 0.2) is 48.5 Å². The lowest BCUT2D eigenvalue weighted by molar-refractivity contribution is -0.141. The Hall–Kier alpha value is -2.53. The Morgan fingerprint density at radius 2 is 1.79 bits per heavy atom. The third-order valence-corrected chi connectivity index (χ3v) is 5.18. The van der Waals surface area contributed by atoms with Crippen molar-refractivity contribution in [2.75, 3.05) is 13.7 Å². The average Bonchev–Trinajstić information content (AvgIpc) is 2.73. The van der Waals surface area contributed by atoms with Gasteiger partial charge in [-0.1, -0.05) is 48.9 Å². The lowest BCUT2D eigenvalue weighted by Crippen LogP contribution is -2.49. The molecule has 1 unspecified atom stereocenters. The van der Waals surface area contributed by atoms with Crippen LogP contribution in [0.2, 0.25) is 5.02 Å². The van der Waals surface area contributed by atoms with Gasteiger partial charge in [-0.3, -0.25) is 9.59 Å². The van der Waals surface area contributed by atoms with Gasteiger partial charge in [-0.15, -0.1) is 0 Å². The van der Waals surface area contributed by atoms with Gasteiger partial charge >= 0.3 is 0 Å². The third kappa shape index (κ3) is 6.50. The highest BCUT2D eigenvalue weighted by atomic mass is 35.5. The molecule has 2 aromatic carbocycles. The number of likely N-dealkylation sites (N-methyl/N-ethyl adjacent to an activating group) is 1. The Morgan fingerprint density at radius 3 is 2.38 bits per heavy atom. The van der Waals surface area contributed by atoms with Gasteiger partial charge in [0.15, 0.2) is 0 Å². The molecule has 0 bridgehead atoms. The van der Waals surface area contributed by atoms with E-state index in [9.17, 15) is 9.59 Å². The number of amides is 2. The molecule has 1 N–H and O–H groups in total. The highest BCUT2D eigenvalue weighted by Crippen LogP contribution is 2.20. The maximum Gasteiger partial charge on any atom is 0.242 e. The van der Waals surface area contributed by atoms with Crippen LogP contribution in [0.1, 0.15) is 37.8 Å². The maximum atomic E-state index is 13.1. The molecular weight excluding hydrogens is 388 g/mol. The summed E-state index contributed by atoms with van der Waals surface area (Å²) in [4.78, 5) is 27.4. The lowest BCUT2D eigenvalue weighted by Gasteiger charge is -2.30. The third-order valence-electron chi connectivity index (χ3n) is 4.81. The molecule has 0 radical (unpaired) electrons. The molecule has 6 heteroatoms. The topological polar surface area (TPSA) is 58.6 Å². The number of rotatable bonds is 10. The van der Waals surface area contributed by atoms with E-state index in [-0.39, 0.29) is 18.2 Å². The van der Waals surface area contributed by atoms with Gasteiger partial charge in [0.05, 0.1) is 7.11 Å². The molecule has 0 heterocycles. The molecule has 0 saturated carbocycles. The average molecular weight is 417 g/mol. The van der Waals surface area contributed by atoms with Crippen molar-refractivity contribution in [3.8, 4) is 5.75 Å².